The van der Waals surface area contributed by atoms with Crippen LogP contribution in [0.2, 0.25) is 0 Å². The SMILES string of the molecule is CCN(Cc1nnc(C)s1)C1CCN(CC(F)(F)F)C1. The van der Waals surface area contributed by atoms with Crippen molar-refractivity contribution in [2.45, 2.75) is 39.0 Å². The molecule has 0 saturated carbocycles. The predicted octanol–water partition coefficient (Wildman–Crippen LogP) is 2.31. The fourth-order valence-corrected chi connectivity index (χ4v) is 3.32. The summed E-state index contributed by atoms with van der Waals surface area (Å²) in [5.74, 6) is 0. The van der Waals surface area contributed by atoms with Gasteiger partial charge in [-0.15, -0.1) is 21.5 Å². The van der Waals surface area contributed by atoms with E-state index in [9.17, 15) is 13.2 Å². The first kappa shape index (κ1) is 15.7. The molecule has 2 rings (SSSR count). The van der Waals surface area contributed by atoms with E-state index in [4.69, 9.17) is 0 Å². The number of rotatable bonds is 5. The lowest BCUT2D eigenvalue weighted by molar-refractivity contribution is -0.143. The van der Waals surface area contributed by atoms with Crippen LogP contribution in [0.5, 0.6) is 0 Å². The molecule has 1 aliphatic heterocycles. The number of aromatic nitrogens is 2. The van der Waals surface area contributed by atoms with Crippen molar-refractivity contribution in [3.8, 4) is 0 Å². The lowest BCUT2D eigenvalue weighted by Gasteiger charge is -2.26. The summed E-state index contributed by atoms with van der Waals surface area (Å²) in [6.07, 6.45) is -3.33. The predicted molar refractivity (Wildman–Crippen MR) is 71.6 cm³/mol. The topological polar surface area (TPSA) is 32.3 Å². The molecule has 0 N–H and O–H groups in total. The molecule has 1 aromatic heterocycles. The van der Waals surface area contributed by atoms with Crippen molar-refractivity contribution in [3.05, 3.63) is 10.0 Å². The van der Waals surface area contributed by atoms with Gasteiger partial charge in [-0.05, 0) is 19.9 Å². The Hall–Kier alpha value is -0.730. The molecule has 1 unspecified atom stereocenters. The summed E-state index contributed by atoms with van der Waals surface area (Å²) in [4.78, 5) is 3.68. The smallest absolute Gasteiger partial charge is 0.293 e. The minimum atomic E-state index is -4.11. The Morgan fingerprint density at radius 2 is 2.15 bits per heavy atom. The Bertz CT molecular complexity index is 435. The largest absolute Gasteiger partial charge is 0.401 e. The summed E-state index contributed by atoms with van der Waals surface area (Å²) in [6.45, 7) is 5.59. The van der Waals surface area contributed by atoms with Crippen molar-refractivity contribution in [3.63, 3.8) is 0 Å². The molecule has 1 aromatic rings. The average molecular weight is 308 g/mol. The fourth-order valence-electron chi connectivity index (χ4n) is 2.58. The molecule has 0 aliphatic carbocycles. The molecule has 0 aromatic carbocycles. The maximum Gasteiger partial charge on any atom is 0.401 e. The maximum atomic E-state index is 12.4. The summed E-state index contributed by atoms with van der Waals surface area (Å²) < 4.78 is 37.2. The minimum absolute atomic E-state index is 0.173. The van der Waals surface area contributed by atoms with Crippen molar-refractivity contribution in [2.24, 2.45) is 0 Å². The Kier molecular flexibility index (Phi) is 4.98. The second-order valence-electron chi connectivity index (χ2n) is 5.07. The van der Waals surface area contributed by atoms with Gasteiger partial charge < -0.3 is 0 Å². The highest BCUT2D eigenvalue weighted by atomic mass is 32.1. The van der Waals surface area contributed by atoms with Gasteiger partial charge in [0.1, 0.15) is 10.0 Å². The number of hydrogen-bond acceptors (Lipinski definition) is 5. The normalized spacial score (nSPS) is 21.0. The molecule has 0 spiro atoms. The summed E-state index contributed by atoms with van der Waals surface area (Å²) >= 11 is 1.54. The van der Waals surface area contributed by atoms with E-state index < -0.39 is 12.7 Å². The third-order valence-electron chi connectivity index (χ3n) is 3.48. The highest BCUT2D eigenvalue weighted by Gasteiger charge is 2.35. The summed E-state index contributed by atoms with van der Waals surface area (Å²) in [6, 6.07) is 0.173. The van der Waals surface area contributed by atoms with Gasteiger partial charge >= 0.3 is 6.18 Å². The number of aryl methyl sites for hydroxylation is 1. The van der Waals surface area contributed by atoms with E-state index in [1.807, 2.05) is 13.8 Å². The van der Waals surface area contributed by atoms with Crippen LogP contribution in [0.1, 0.15) is 23.4 Å². The zero-order chi connectivity index (χ0) is 14.8. The van der Waals surface area contributed by atoms with Crippen LogP contribution < -0.4 is 0 Å². The first-order chi connectivity index (χ1) is 9.37. The van der Waals surface area contributed by atoms with Gasteiger partial charge in [-0.3, -0.25) is 9.80 Å². The Morgan fingerprint density at radius 3 is 2.70 bits per heavy atom. The molecular formula is C12H19F3N4S. The van der Waals surface area contributed by atoms with Gasteiger partial charge in [0.2, 0.25) is 0 Å². The molecule has 1 fully saturated rings. The number of likely N-dealkylation sites (N-methyl/N-ethyl adjacent to an activating group) is 1. The molecule has 8 heteroatoms. The van der Waals surface area contributed by atoms with Crippen LogP contribution in [0.25, 0.3) is 0 Å². The van der Waals surface area contributed by atoms with Crippen molar-refractivity contribution in [1.82, 2.24) is 20.0 Å². The fraction of sp³-hybridized carbons (Fsp3) is 0.833. The van der Waals surface area contributed by atoms with Crippen LogP contribution >= 0.6 is 11.3 Å². The molecule has 114 valence electrons. The number of hydrogen-bond donors (Lipinski definition) is 0. The van der Waals surface area contributed by atoms with Gasteiger partial charge in [0.25, 0.3) is 0 Å². The van der Waals surface area contributed by atoms with Crippen LogP contribution in [0, 0.1) is 6.92 Å². The van der Waals surface area contributed by atoms with Gasteiger partial charge in [0.05, 0.1) is 13.1 Å². The molecular weight excluding hydrogens is 289 g/mol. The van der Waals surface area contributed by atoms with Crippen molar-refractivity contribution >= 4 is 11.3 Å². The first-order valence-electron chi connectivity index (χ1n) is 6.69. The van der Waals surface area contributed by atoms with E-state index in [0.29, 0.717) is 19.6 Å². The van der Waals surface area contributed by atoms with Crippen LogP contribution in [-0.2, 0) is 6.54 Å². The molecule has 2 heterocycles. The van der Waals surface area contributed by atoms with Gasteiger partial charge in [-0.25, -0.2) is 0 Å². The van der Waals surface area contributed by atoms with Crippen LogP contribution in [0.3, 0.4) is 0 Å². The molecule has 1 saturated heterocycles. The highest BCUT2D eigenvalue weighted by Crippen LogP contribution is 2.23. The molecule has 0 bridgehead atoms. The van der Waals surface area contributed by atoms with E-state index in [1.54, 1.807) is 11.3 Å². The molecule has 4 nitrogen and oxygen atoms in total. The number of likely N-dealkylation sites (tertiary alicyclic amines) is 1. The third-order valence-corrected chi connectivity index (χ3v) is 4.30. The molecule has 0 radical (unpaired) electrons. The molecule has 0 amide bonds. The maximum absolute atomic E-state index is 12.4. The first-order valence-corrected chi connectivity index (χ1v) is 7.51. The standard InChI is InChI=1S/C12H19F3N4S/c1-3-19(7-11-17-16-9(2)20-11)10-4-5-18(6-10)8-12(13,14)15/h10H,3-8H2,1-2H3. The van der Waals surface area contributed by atoms with Gasteiger partial charge in [0.15, 0.2) is 0 Å². The van der Waals surface area contributed by atoms with Gasteiger partial charge in [0, 0.05) is 19.1 Å². The number of halogens is 3. The van der Waals surface area contributed by atoms with Crippen molar-refractivity contribution in [1.29, 1.82) is 0 Å². The average Bonchev–Trinajstić information content (AvgIpc) is 2.93. The molecule has 20 heavy (non-hydrogen) atoms. The second kappa shape index (κ2) is 6.36. The summed E-state index contributed by atoms with van der Waals surface area (Å²) in [5.41, 5.74) is 0. The van der Waals surface area contributed by atoms with E-state index in [2.05, 4.69) is 15.1 Å². The minimum Gasteiger partial charge on any atom is -0.293 e. The van der Waals surface area contributed by atoms with Crippen LogP contribution in [-0.4, -0.2) is 58.4 Å². The van der Waals surface area contributed by atoms with Crippen molar-refractivity contribution in [2.75, 3.05) is 26.2 Å². The molecule has 1 atom stereocenters. The molecule has 1 aliphatic rings. The summed E-state index contributed by atoms with van der Waals surface area (Å²) in [5, 5.41) is 9.91. The third kappa shape index (κ3) is 4.39. The zero-order valence-electron chi connectivity index (χ0n) is 11.7. The van der Waals surface area contributed by atoms with E-state index in [0.717, 1.165) is 23.0 Å². The Balaban J connectivity index is 1.89. The quantitative estimate of drug-likeness (QED) is 0.835. The monoisotopic (exact) mass is 308 g/mol. The lowest BCUT2D eigenvalue weighted by atomic mass is 10.2. The van der Waals surface area contributed by atoms with E-state index in [-0.39, 0.29) is 6.04 Å². The van der Waals surface area contributed by atoms with Crippen LogP contribution in [0.15, 0.2) is 0 Å². The van der Waals surface area contributed by atoms with Crippen LogP contribution in [0.4, 0.5) is 13.2 Å². The second-order valence-corrected chi connectivity index (χ2v) is 6.34. The number of alkyl halides is 3. The van der Waals surface area contributed by atoms with Crippen molar-refractivity contribution < 1.29 is 13.2 Å². The number of nitrogens with zero attached hydrogens (tertiary/aromatic N) is 4. The Labute approximate surface area is 120 Å². The van der Waals surface area contributed by atoms with E-state index >= 15 is 0 Å². The van der Waals surface area contributed by atoms with E-state index in [1.165, 1.54) is 4.90 Å². The van der Waals surface area contributed by atoms with Gasteiger partial charge in [-0.1, -0.05) is 6.92 Å². The summed E-state index contributed by atoms with van der Waals surface area (Å²) in [7, 11) is 0. The van der Waals surface area contributed by atoms with Gasteiger partial charge in [-0.2, -0.15) is 13.2 Å². The lowest BCUT2D eigenvalue weighted by Crippen LogP contribution is -2.39. The Morgan fingerprint density at radius 1 is 1.40 bits per heavy atom. The zero-order valence-corrected chi connectivity index (χ0v) is 12.5. The highest BCUT2D eigenvalue weighted by molar-refractivity contribution is 7.11.